The van der Waals surface area contributed by atoms with E-state index in [1.54, 1.807) is 20.3 Å². The van der Waals surface area contributed by atoms with Crippen LogP contribution in [0, 0.1) is 0 Å². The molecule has 0 aliphatic heterocycles. The molecule has 1 aliphatic carbocycles. The molecule has 1 aromatic rings. The molecule has 0 aromatic carbocycles. The molecular formula is C17H24N7SSe. The summed E-state index contributed by atoms with van der Waals surface area (Å²) in [5.41, 5.74) is 8.40. The van der Waals surface area contributed by atoms with Crippen LogP contribution < -0.4 is 16.2 Å². The zero-order valence-electron chi connectivity index (χ0n) is 15.2. The van der Waals surface area contributed by atoms with Crippen molar-refractivity contribution in [1.29, 1.82) is 0 Å². The monoisotopic (exact) mass is 438 g/mol. The van der Waals surface area contributed by atoms with Crippen LogP contribution in [-0.4, -0.2) is 56.4 Å². The summed E-state index contributed by atoms with van der Waals surface area (Å²) in [5, 5.41) is 12.4. The first kappa shape index (κ1) is 20.5. The van der Waals surface area contributed by atoms with Gasteiger partial charge >= 0.3 is 168 Å². The van der Waals surface area contributed by atoms with E-state index in [1.807, 2.05) is 19.2 Å². The Morgan fingerprint density at radius 1 is 1.27 bits per heavy atom. The van der Waals surface area contributed by atoms with E-state index in [1.165, 1.54) is 0 Å². The molecule has 1 heterocycles. The van der Waals surface area contributed by atoms with Crippen LogP contribution in [-0.2, 0) is 5.41 Å². The molecular weight excluding hydrogens is 413 g/mol. The van der Waals surface area contributed by atoms with Crippen LogP contribution in [0.2, 0.25) is 0 Å². The van der Waals surface area contributed by atoms with Gasteiger partial charge in [0, 0.05) is 0 Å². The Balaban J connectivity index is 2.48. The molecule has 139 valence electrons. The van der Waals surface area contributed by atoms with Crippen LogP contribution in [0.3, 0.4) is 0 Å². The fourth-order valence-corrected chi connectivity index (χ4v) is 3.36. The Morgan fingerprint density at radius 3 is 2.58 bits per heavy atom. The number of hydrogen-bond donors (Lipinski definition) is 3. The van der Waals surface area contributed by atoms with E-state index in [0.29, 0.717) is 9.85 Å². The molecule has 0 unspecified atom stereocenters. The van der Waals surface area contributed by atoms with Crippen molar-refractivity contribution in [1.82, 2.24) is 21.2 Å². The minimum absolute atomic E-state index is 0.230. The number of aliphatic imine (C=N–C) groups is 1. The quantitative estimate of drug-likeness (QED) is 0.214. The van der Waals surface area contributed by atoms with Crippen LogP contribution in [0.15, 0.2) is 39.7 Å². The number of hydrogen-bond acceptors (Lipinski definition) is 5. The van der Waals surface area contributed by atoms with Crippen molar-refractivity contribution in [3.05, 3.63) is 30.1 Å². The van der Waals surface area contributed by atoms with Crippen LogP contribution in [0.1, 0.15) is 38.2 Å². The van der Waals surface area contributed by atoms with Crippen molar-refractivity contribution in [2.75, 3.05) is 14.1 Å². The molecule has 1 aliphatic rings. The predicted octanol–water partition coefficient (Wildman–Crippen LogP) is 1.46. The number of thiocarbonyl (C=S) groups is 1. The third kappa shape index (κ3) is 4.87. The van der Waals surface area contributed by atoms with Gasteiger partial charge in [0.2, 0.25) is 0 Å². The SMILES string of the molecule is CN=C([Se])N/N=C(/C(C)=N/NC(=S)NC)C1(c2cccnc2)CCCC1. The third-order valence-corrected chi connectivity index (χ3v) is 5.36. The average molecular weight is 437 g/mol. The number of nitrogens with one attached hydrogen (secondary N) is 3. The number of rotatable bonds is 5. The molecule has 7 nitrogen and oxygen atoms in total. The number of hydrazone groups is 2. The second-order valence-corrected chi connectivity index (χ2v) is 7.24. The van der Waals surface area contributed by atoms with Crippen LogP contribution in [0.5, 0.6) is 0 Å². The molecule has 3 N–H and O–H groups in total. The van der Waals surface area contributed by atoms with Gasteiger partial charge in [-0.05, 0) is 0 Å². The first-order valence-electron chi connectivity index (χ1n) is 8.44. The second-order valence-electron chi connectivity index (χ2n) is 6.02. The summed E-state index contributed by atoms with van der Waals surface area (Å²) < 4.78 is 0.619. The summed E-state index contributed by atoms with van der Waals surface area (Å²) in [6.45, 7) is 1.93. The Labute approximate surface area is 168 Å². The van der Waals surface area contributed by atoms with Crippen LogP contribution >= 0.6 is 12.2 Å². The Hall–Kier alpha value is -1.83. The number of aromatic nitrogens is 1. The van der Waals surface area contributed by atoms with Crippen molar-refractivity contribution in [3.63, 3.8) is 0 Å². The first-order chi connectivity index (χ1) is 12.5. The van der Waals surface area contributed by atoms with Gasteiger partial charge in [0.05, 0.1) is 0 Å². The van der Waals surface area contributed by atoms with E-state index in [0.717, 1.165) is 42.7 Å². The zero-order chi connectivity index (χ0) is 19.0. The summed E-state index contributed by atoms with van der Waals surface area (Å²) in [6, 6.07) is 4.08. The zero-order valence-corrected chi connectivity index (χ0v) is 17.8. The number of pyridine rings is 1. The fourth-order valence-electron chi connectivity index (χ4n) is 3.22. The summed E-state index contributed by atoms with van der Waals surface area (Å²) in [5.74, 6) is 0. The van der Waals surface area contributed by atoms with Crippen molar-refractivity contribution in [2.24, 2.45) is 15.2 Å². The van der Waals surface area contributed by atoms with E-state index in [2.05, 4.69) is 58.4 Å². The van der Waals surface area contributed by atoms with Crippen molar-refractivity contribution in [3.8, 4) is 0 Å². The summed E-state index contributed by atoms with van der Waals surface area (Å²) >= 11 is 7.98. The van der Waals surface area contributed by atoms with Crippen molar-refractivity contribution >= 4 is 49.5 Å². The Kier molecular flexibility index (Phi) is 7.68. The van der Waals surface area contributed by atoms with Gasteiger partial charge in [-0.3, -0.25) is 0 Å². The van der Waals surface area contributed by atoms with E-state index >= 15 is 0 Å². The molecule has 9 heteroatoms. The second kappa shape index (κ2) is 9.75. The van der Waals surface area contributed by atoms with E-state index in [9.17, 15) is 0 Å². The summed E-state index contributed by atoms with van der Waals surface area (Å²) in [4.78, 5) is 8.40. The minimum atomic E-state index is -0.230. The normalized spacial score (nSPS) is 17.7. The summed E-state index contributed by atoms with van der Waals surface area (Å²) in [6.07, 6.45) is 7.97. The van der Waals surface area contributed by atoms with Gasteiger partial charge in [0.25, 0.3) is 0 Å². The molecule has 1 saturated carbocycles. The standard InChI is InChI=1S/C17H24N7SSe/c1-12(21-23-15(25)18-2)14(22-24-16(26)19-3)17(8-4-5-9-17)13-7-6-10-20-11-13/h6-7,10-11H,4-5,8-9H2,1-3H3,(H,19,24)(H2,18,23,25)/b21-12+,22-14-. The maximum absolute atomic E-state index is 5.12. The molecule has 0 atom stereocenters. The van der Waals surface area contributed by atoms with Crippen LogP contribution in [0.4, 0.5) is 0 Å². The molecule has 0 amide bonds. The van der Waals surface area contributed by atoms with E-state index < -0.39 is 0 Å². The van der Waals surface area contributed by atoms with Gasteiger partial charge in [-0.2, -0.15) is 0 Å². The maximum atomic E-state index is 5.12. The molecule has 1 fully saturated rings. The van der Waals surface area contributed by atoms with Gasteiger partial charge in [-0.25, -0.2) is 0 Å². The summed E-state index contributed by atoms with van der Waals surface area (Å²) in [7, 11) is 3.45. The number of amidine groups is 1. The van der Waals surface area contributed by atoms with Gasteiger partial charge in [-0.1, -0.05) is 0 Å². The molecule has 0 bridgehead atoms. The molecule has 2 rings (SSSR count). The third-order valence-electron chi connectivity index (χ3n) is 4.49. The topological polar surface area (TPSA) is 86.1 Å². The first-order valence-corrected chi connectivity index (χ1v) is 9.71. The van der Waals surface area contributed by atoms with Crippen molar-refractivity contribution < 1.29 is 0 Å². The van der Waals surface area contributed by atoms with Crippen molar-refractivity contribution in [2.45, 2.75) is 38.0 Å². The Morgan fingerprint density at radius 2 is 2.00 bits per heavy atom. The number of nitrogens with zero attached hydrogens (tertiary/aromatic N) is 4. The van der Waals surface area contributed by atoms with Gasteiger partial charge < -0.3 is 0 Å². The molecule has 0 spiro atoms. The fraction of sp³-hybridized carbons (Fsp3) is 0.471. The van der Waals surface area contributed by atoms with Gasteiger partial charge in [-0.15, -0.1) is 0 Å². The Bertz CT molecular complexity index is 709. The molecule has 1 radical (unpaired) electrons. The predicted molar refractivity (Wildman–Crippen MR) is 112 cm³/mol. The molecule has 0 saturated heterocycles. The molecule has 26 heavy (non-hydrogen) atoms. The molecule has 1 aromatic heterocycles. The average Bonchev–Trinajstić information content (AvgIpc) is 3.17. The van der Waals surface area contributed by atoms with Gasteiger partial charge in [0.15, 0.2) is 0 Å². The van der Waals surface area contributed by atoms with E-state index in [4.69, 9.17) is 12.2 Å². The van der Waals surface area contributed by atoms with E-state index in [-0.39, 0.29) is 5.41 Å². The van der Waals surface area contributed by atoms with Gasteiger partial charge in [0.1, 0.15) is 0 Å². The van der Waals surface area contributed by atoms with Crippen LogP contribution in [0.25, 0.3) is 0 Å².